The van der Waals surface area contributed by atoms with Crippen molar-refractivity contribution in [2.45, 2.75) is 17.1 Å². The minimum Gasteiger partial charge on any atom is -0.361 e. The van der Waals surface area contributed by atoms with E-state index in [4.69, 9.17) is 0 Å². The molecular weight excluding hydrogens is 631 g/mol. The Bertz CT molecular complexity index is 1820. The molecular formula is C33H26BrFN4O3S. The molecule has 0 unspecified atom stereocenters. The fraction of sp³-hybridized carbons (Fsp3) is 0.0606. The van der Waals surface area contributed by atoms with Crippen LogP contribution in [-0.4, -0.2) is 28.0 Å². The van der Waals surface area contributed by atoms with Crippen molar-refractivity contribution in [1.82, 2.24) is 10.3 Å². The van der Waals surface area contributed by atoms with E-state index in [9.17, 15) is 18.8 Å². The first-order valence-corrected chi connectivity index (χ1v) is 14.9. The average Bonchev–Trinajstić information content (AvgIpc) is 3.42. The van der Waals surface area contributed by atoms with Crippen molar-refractivity contribution in [2.24, 2.45) is 0 Å². The molecule has 4 aromatic carbocycles. The van der Waals surface area contributed by atoms with Crippen molar-refractivity contribution < 1.29 is 18.8 Å². The summed E-state index contributed by atoms with van der Waals surface area (Å²) in [4.78, 5) is 43.0. The van der Waals surface area contributed by atoms with Crippen LogP contribution in [0.3, 0.4) is 0 Å². The van der Waals surface area contributed by atoms with Crippen LogP contribution in [0.25, 0.3) is 17.0 Å². The number of hydrogen-bond acceptors (Lipinski definition) is 4. The van der Waals surface area contributed by atoms with Gasteiger partial charge in [0.25, 0.3) is 11.8 Å². The SMILES string of the molecule is C[C@@H](Sc1ccc(NC(=O)/C(=C/c2c[nH]c3ccccc23)NC(=O)c2ccccc2)cc1)C(=O)Nc1ccc(Br)cc1F. The number of H-pyrrole nitrogens is 1. The number of aromatic amines is 1. The summed E-state index contributed by atoms with van der Waals surface area (Å²) in [6.45, 7) is 1.73. The first-order chi connectivity index (χ1) is 20.8. The minimum atomic E-state index is -0.530. The van der Waals surface area contributed by atoms with Gasteiger partial charge < -0.3 is 20.9 Å². The molecule has 0 fully saturated rings. The number of carbonyl (C=O) groups excluding carboxylic acids is 3. The van der Waals surface area contributed by atoms with Crippen molar-refractivity contribution in [3.8, 4) is 0 Å². The molecule has 0 saturated carbocycles. The van der Waals surface area contributed by atoms with Crippen LogP contribution in [0.1, 0.15) is 22.8 Å². The maximum absolute atomic E-state index is 14.1. The van der Waals surface area contributed by atoms with Gasteiger partial charge in [-0.05, 0) is 73.7 Å². The number of aromatic nitrogens is 1. The van der Waals surface area contributed by atoms with Crippen LogP contribution in [0.15, 0.2) is 118 Å². The number of amides is 3. The molecule has 5 aromatic rings. The van der Waals surface area contributed by atoms with E-state index in [-0.39, 0.29) is 17.3 Å². The third-order valence-electron chi connectivity index (χ3n) is 6.43. The lowest BCUT2D eigenvalue weighted by Gasteiger charge is -2.14. The van der Waals surface area contributed by atoms with E-state index in [2.05, 4.69) is 36.9 Å². The van der Waals surface area contributed by atoms with Gasteiger partial charge in [0, 0.05) is 43.3 Å². The molecule has 1 aromatic heterocycles. The fourth-order valence-corrected chi connectivity index (χ4v) is 5.41. The second-order valence-electron chi connectivity index (χ2n) is 9.52. The standard InChI is InChI=1S/C33H26BrFN4O3S/c1-20(31(40)38-29-16-11-23(34)18-27(29)35)43-25-14-12-24(13-15-25)37-33(42)30(39-32(41)21-7-3-2-4-8-21)17-22-19-36-28-10-6-5-9-26(22)28/h2-20,36H,1H3,(H,37,42)(H,38,40)(H,39,41)/b30-17-/t20-/m1/s1. The Labute approximate surface area is 260 Å². The first-order valence-electron chi connectivity index (χ1n) is 13.2. The maximum atomic E-state index is 14.1. The Morgan fingerprint density at radius 2 is 1.63 bits per heavy atom. The Balaban J connectivity index is 1.28. The number of rotatable bonds is 9. The lowest BCUT2D eigenvalue weighted by atomic mass is 10.1. The zero-order valence-electron chi connectivity index (χ0n) is 22.9. The van der Waals surface area contributed by atoms with Crippen LogP contribution < -0.4 is 16.0 Å². The smallest absolute Gasteiger partial charge is 0.272 e. The highest BCUT2D eigenvalue weighted by Crippen LogP contribution is 2.27. The second-order valence-corrected chi connectivity index (χ2v) is 11.8. The normalized spacial score (nSPS) is 12.0. The van der Waals surface area contributed by atoms with E-state index in [1.165, 1.54) is 23.9 Å². The summed E-state index contributed by atoms with van der Waals surface area (Å²) < 4.78 is 14.7. The predicted molar refractivity (Wildman–Crippen MR) is 173 cm³/mol. The molecule has 3 amide bonds. The van der Waals surface area contributed by atoms with E-state index in [0.29, 0.717) is 15.7 Å². The first kappa shape index (κ1) is 29.8. The topological polar surface area (TPSA) is 103 Å². The summed E-state index contributed by atoms with van der Waals surface area (Å²) in [6.07, 6.45) is 3.41. The summed E-state index contributed by atoms with van der Waals surface area (Å²) in [5.41, 5.74) is 2.75. The van der Waals surface area contributed by atoms with Gasteiger partial charge in [0.1, 0.15) is 11.5 Å². The van der Waals surface area contributed by atoms with Crippen molar-refractivity contribution in [3.63, 3.8) is 0 Å². The van der Waals surface area contributed by atoms with Crippen LogP contribution in [0, 0.1) is 5.82 Å². The zero-order chi connectivity index (χ0) is 30.3. The Morgan fingerprint density at radius 3 is 2.37 bits per heavy atom. The Morgan fingerprint density at radius 1 is 0.907 bits per heavy atom. The lowest BCUT2D eigenvalue weighted by Crippen LogP contribution is -2.30. The predicted octanol–water partition coefficient (Wildman–Crippen LogP) is 7.60. The van der Waals surface area contributed by atoms with Gasteiger partial charge in [-0.15, -0.1) is 11.8 Å². The lowest BCUT2D eigenvalue weighted by molar-refractivity contribution is -0.115. The number of thioether (sulfide) groups is 1. The quantitative estimate of drug-likeness (QED) is 0.0969. The van der Waals surface area contributed by atoms with Crippen LogP contribution >= 0.6 is 27.7 Å². The maximum Gasteiger partial charge on any atom is 0.272 e. The summed E-state index contributed by atoms with van der Waals surface area (Å²) in [5, 5.41) is 8.59. The summed E-state index contributed by atoms with van der Waals surface area (Å²) in [7, 11) is 0. The van der Waals surface area contributed by atoms with Crippen molar-refractivity contribution in [2.75, 3.05) is 10.6 Å². The molecule has 1 heterocycles. The summed E-state index contributed by atoms with van der Waals surface area (Å²) >= 11 is 4.50. The molecule has 0 aliphatic heterocycles. The Kier molecular flexibility index (Phi) is 9.38. The number of fused-ring (bicyclic) bond motifs is 1. The van der Waals surface area contributed by atoms with Crippen LogP contribution in [-0.2, 0) is 9.59 Å². The van der Waals surface area contributed by atoms with Gasteiger partial charge in [-0.1, -0.05) is 52.3 Å². The zero-order valence-corrected chi connectivity index (χ0v) is 25.3. The molecule has 0 saturated heterocycles. The molecule has 0 aliphatic rings. The van der Waals surface area contributed by atoms with E-state index < -0.39 is 22.9 Å². The number of anilines is 2. The molecule has 43 heavy (non-hydrogen) atoms. The molecule has 5 rings (SSSR count). The molecule has 0 spiro atoms. The number of para-hydroxylation sites is 1. The average molecular weight is 658 g/mol. The van der Waals surface area contributed by atoms with E-state index in [1.54, 1.807) is 73.8 Å². The van der Waals surface area contributed by atoms with Crippen LogP contribution in [0.2, 0.25) is 0 Å². The molecule has 10 heteroatoms. The number of carbonyl (C=O) groups is 3. The highest BCUT2D eigenvalue weighted by molar-refractivity contribution is 9.10. The highest BCUT2D eigenvalue weighted by atomic mass is 79.9. The minimum absolute atomic E-state index is 0.0718. The van der Waals surface area contributed by atoms with Crippen molar-refractivity contribution in [1.29, 1.82) is 0 Å². The summed E-state index contributed by atoms with van der Waals surface area (Å²) in [6, 6.07) is 27.7. The van der Waals surface area contributed by atoms with E-state index >= 15 is 0 Å². The fourth-order valence-electron chi connectivity index (χ4n) is 4.21. The third-order valence-corrected chi connectivity index (χ3v) is 8.04. The Hall–Kier alpha value is -4.67. The number of benzene rings is 4. The number of hydrogen-bond donors (Lipinski definition) is 4. The van der Waals surface area contributed by atoms with Crippen molar-refractivity contribution in [3.05, 3.63) is 130 Å². The van der Waals surface area contributed by atoms with Crippen molar-refractivity contribution >= 4 is 73.8 Å². The monoisotopic (exact) mass is 656 g/mol. The third kappa shape index (κ3) is 7.59. The molecule has 1 atom stereocenters. The number of nitrogens with one attached hydrogen (secondary N) is 4. The summed E-state index contributed by atoms with van der Waals surface area (Å²) in [5.74, 6) is -1.79. The van der Waals surface area contributed by atoms with Gasteiger partial charge in [-0.2, -0.15) is 0 Å². The van der Waals surface area contributed by atoms with Gasteiger partial charge in [-0.25, -0.2) is 4.39 Å². The molecule has 0 aliphatic carbocycles. The molecule has 7 nitrogen and oxygen atoms in total. The molecule has 4 N–H and O–H groups in total. The van der Waals surface area contributed by atoms with Gasteiger partial charge in [-0.3, -0.25) is 14.4 Å². The van der Waals surface area contributed by atoms with Gasteiger partial charge in [0.15, 0.2) is 0 Å². The largest absolute Gasteiger partial charge is 0.361 e. The van der Waals surface area contributed by atoms with Crippen LogP contribution in [0.5, 0.6) is 0 Å². The van der Waals surface area contributed by atoms with Gasteiger partial charge >= 0.3 is 0 Å². The van der Waals surface area contributed by atoms with Gasteiger partial charge in [0.2, 0.25) is 5.91 Å². The molecule has 216 valence electrons. The highest BCUT2D eigenvalue weighted by Gasteiger charge is 2.18. The van der Waals surface area contributed by atoms with Gasteiger partial charge in [0.05, 0.1) is 10.9 Å². The van der Waals surface area contributed by atoms with E-state index in [1.807, 2.05) is 30.3 Å². The van der Waals surface area contributed by atoms with E-state index in [0.717, 1.165) is 21.4 Å². The molecule has 0 radical (unpaired) electrons. The van der Waals surface area contributed by atoms with Crippen LogP contribution in [0.4, 0.5) is 15.8 Å². The second kappa shape index (κ2) is 13.5. The number of halogens is 2. The molecule has 0 bridgehead atoms.